The Hall–Kier alpha value is -3.68. The highest BCUT2D eigenvalue weighted by molar-refractivity contribution is 7.71. The Morgan fingerprint density at radius 1 is 0.687 bits per heavy atom. The number of nitrogens with zero attached hydrogens (tertiary/aromatic N) is 1. The number of carbonyl (C=O) groups is 2. The molecule has 0 fully saturated rings. The summed E-state index contributed by atoms with van der Waals surface area (Å²) in [6, 6.07) is 0. The van der Waals surface area contributed by atoms with E-state index in [1.165, 1.54) is 82.0 Å². The van der Waals surface area contributed by atoms with Crippen LogP contribution in [0.25, 0.3) is 0 Å². The Bertz CT molecular complexity index is 1650. The number of hydrogen-bond donors (Lipinski definition) is 4. The number of allylic oxidation sites excluding steroid dienone is 9. The van der Waals surface area contributed by atoms with Crippen molar-refractivity contribution in [2.75, 3.05) is 26.4 Å². The number of aliphatic hydroxyl groups excluding tert-OH is 1. The first-order valence-electron chi connectivity index (χ1n) is 24.4. The number of imidazole rings is 2. The summed E-state index contributed by atoms with van der Waals surface area (Å²) in [5, 5.41) is 8.82. The molecule has 0 aliphatic heterocycles. The number of H-pyrrole nitrogens is 3. The number of esters is 1. The van der Waals surface area contributed by atoms with Crippen LogP contribution in [0.2, 0.25) is 0 Å². The second kappa shape index (κ2) is 42.4. The van der Waals surface area contributed by atoms with Crippen molar-refractivity contribution in [2.45, 2.75) is 191 Å². The maximum atomic E-state index is 11.1. The summed E-state index contributed by atoms with van der Waals surface area (Å²) >= 11 is 4.97. The molecular formula is C55H96N4O7S. The van der Waals surface area contributed by atoms with E-state index in [-0.39, 0.29) is 34.4 Å². The van der Waals surface area contributed by atoms with Crippen molar-refractivity contribution in [3.05, 3.63) is 95.6 Å². The van der Waals surface area contributed by atoms with Crippen molar-refractivity contribution in [2.24, 2.45) is 23.7 Å². The molecule has 0 aromatic carbocycles. The Kier molecular flexibility index (Phi) is 41.4. The zero-order chi connectivity index (χ0) is 46.5. The van der Waals surface area contributed by atoms with Crippen LogP contribution in [0.5, 0.6) is 0 Å². The molecule has 5 unspecified atom stereocenters. The molecule has 384 valence electrons. The summed E-state index contributed by atoms with van der Waals surface area (Å²) < 4.78 is 21.4. The molecule has 0 spiro atoms. The fraction of sp³-hybridized carbons (Fsp3) is 0.673. The maximum absolute atomic E-state index is 11.1. The third-order valence-corrected chi connectivity index (χ3v) is 11.4. The zero-order valence-electron chi connectivity index (χ0n) is 40.0. The highest BCUT2D eigenvalue weighted by atomic mass is 32.1. The number of aromatic nitrogens is 4. The minimum absolute atomic E-state index is 0. The quantitative estimate of drug-likeness (QED) is 0.0449. The van der Waals surface area contributed by atoms with Gasteiger partial charge in [-0.05, 0) is 173 Å². The highest BCUT2D eigenvalue weighted by Crippen LogP contribution is 2.23. The molecule has 5 aliphatic carbocycles. The first kappa shape index (κ1) is 65.4. The van der Waals surface area contributed by atoms with Crippen LogP contribution in [0.3, 0.4) is 0 Å². The zero-order valence-corrected chi connectivity index (χ0v) is 40.8. The standard InChI is InChI=1S/C10H14N2S.C10H14N2.C10H16O2.C8H18O3.C8H12O.C6H10O.3CH4/c13-10-11-7-9(12-10)6-8-4-2-1-3-5-8;1-2-4-9(5-3-1)6-10-7-11-8-12-10;1-2-12-10(11)8-9-6-4-3-5-7-9;1-5-9-8(4,10-6-2)11-7-3;9-7-6-8-4-2-1-3-5-8;7-6-4-2-1-3-5-6;;;/h2,4,7-8H,1,3,5-6H2,(H2,11,12,13);2,4,7-9H,1,3,5-6H2,(H,11,12);4,6,9H,2-3,5,7-8H2,1H3;5-7H2,1-4H3;2,4,7-8H,1,3,5-6H2;2,4,6-7H,1,3,5H2;3*1H4. The highest BCUT2D eigenvalue weighted by Gasteiger charge is 2.24. The van der Waals surface area contributed by atoms with Crippen LogP contribution in [-0.4, -0.2) is 75.8 Å². The SMILES string of the molecule is C.C.C.C1=CC(Cc2cnc[nH]2)CCC1.CCOC(=O)CC1C=CCCC1.CCOC(C)(OCC)OCC.O=CCC1C=CCCC1.OC1C=CCCC1.S=c1[nH]cc(CC2C=CCCC2)[nH]1. The van der Waals surface area contributed by atoms with E-state index >= 15 is 0 Å². The lowest BCUT2D eigenvalue weighted by Crippen LogP contribution is -2.35. The number of rotatable bonds is 15. The van der Waals surface area contributed by atoms with Gasteiger partial charge in [0.15, 0.2) is 4.77 Å². The lowest BCUT2D eigenvalue weighted by molar-refractivity contribution is -0.365. The van der Waals surface area contributed by atoms with Crippen LogP contribution >= 0.6 is 12.2 Å². The molecule has 2 heterocycles. The van der Waals surface area contributed by atoms with Gasteiger partial charge in [-0.15, -0.1) is 0 Å². The summed E-state index contributed by atoms with van der Waals surface area (Å²) in [6.45, 7) is 11.6. The molecule has 2 aromatic heterocycles. The Balaban J connectivity index is 0. The maximum Gasteiger partial charge on any atom is 0.306 e. The molecule has 2 aromatic rings. The van der Waals surface area contributed by atoms with Gasteiger partial charge in [-0.25, -0.2) is 4.98 Å². The van der Waals surface area contributed by atoms with E-state index in [1.54, 1.807) is 13.3 Å². The lowest BCUT2D eigenvalue weighted by atomic mass is 9.92. The molecule has 7 rings (SSSR count). The predicted octanol–water partition coefficient (Wildman–Crippen LogP) is 14.3. The lowest BCUT2D eigenvalue weighted by Gasteiger charge is -2.27. The second-order valence-corrected chi connectivity index (χ2v) is 17.1. The van der Waals surface area contributed by atoms with Gasteiger partial charge in [0.25, 0.3) is 5.97 Å². The Labute approximate surface area is 413 Å². The van der Waals surface area contributed by atoms with Gasteiger partial charge in [0.2, 0.25) is 0 Å². The average molecular weight is 957 g/mol. The van der Waals surface area contributed by atoms with Gasteiger partial charge < -0.3 is 43.8 Å². The Morgan fingerprint density at radius 2 is 1.15 bits per heavy atom. The van der Waals surface area contributed by atoms with Gasteiger partial charge >= 0.3 is 5.97 Å². The summed E-state index contributed by atoms with van der Waals surface area (Å²) in [5.74, 6) is 1.51. The minimum Gasteiger partial charge on any atom is -0.466 e. The molecule has 0 saturated carbocycles. The van der Waals surface area contributed by atoms with Crippen molar-refractivity contribution in [3.8, 4) is 0 Å². The first-order chi connectivity index (χ1) is 31.1. The van der Waals surface area contributed by atoms with Gasteiger partial charge in [-0.1, -0.05) is 83.0 Å². The molecule has 0 radical (unpaired) electrons. The molecular weight excluding hydrogens is 861 g/mol. The van der Waals surface area contributed by atoms with E-state index in [1.807, 2.05) is 52.2 Å². The predicted molar refractivity (Wildman–Crippen MR) is 282 cm³/mol. The van der Waals surface area contributed by atoms with E-state index in [0.29, 0.717) is 50.6 Å². The van der Waals surface area contributed by atoms with Crippen molar-refractivity contribution < 1.29 is 33.6 Å². The van der Waals surface area contributed by atoms with Gasteiger partial charge in [0, 0.05) is 56.9 Å². The van der Waals surface area contributed by atoms with Crippen molar-refractivity contribution in [3.63, 3.8) is 0 Å². The molecule has 5 aliphatic rings. The minimum atomic E-state index is -0.849. The monoisotopic (exact) mass is 957 g/mol. The van der Waals surface area contributed by atoms with Crippen LogP contribution in [0.4, 0.5) is 0 Å². The molecule has 0 saturated heterocycles. The third-order valence-electron chi connectivity index (χ3n) is 11.2. The average Bonchev–Trinajstić information content (AvgIpc) is 3.98. The summed E-state index contributed by atoms with van der Waals surface area (Å²) in [6.07, 6.45) is 50.0. The van der Waals surface area contributed by atoms with E-state index in [0.717, 1.165) is 61.9 Å². The molecule has 5 atom stereocenters. The van der Waals surface area contributed by atoms with E-state index in [4.69, 9.17) is 36.3 Å². The van der Waals surface area contributed by atoms with Crippen molar-refractivity contribution in [1.29, 1.82) is 0 Å². The number of aromatic amines is 3. The second-order valence-electron chi connectivity index (χ2n) is 16.7. The largest absolute Gasteiger partial charge is 0.466 e. The first-order valence-corrected chi connectivity index (χ1v) is 24.8. The van der Waals surface area contributed by atoms with Crippen LogP contribution < -0.4 is 0 Å². The third kappa shape index (κ3) is 33.5. The number of ether oxygens (including phenoxy) is 4. The van der Waals surface area contributed by atoms with Crippen LogP contribution in [0.15, 0.2) is 79.5 Å². The number of hydrogen-bond acceptors (Lipinski definition) is 9. The fourth-order valence-corrected chi connectivity index (χ4v) is 8.13. The number of aldehydes is 1. The van der Waals surface area contributed by atoms with Crippen LogP contribution in [0, 0.1) is 28.4 Å². The topological polar surface area (TPSA) is 152 Å². The van der Waals surface area contributed by atoms with Gasteiger partial charge in [0.05, 0.1) is 25.5 Å². The Morgan fingerprint density at radius 3 is 1.49 bits per heavy atom. The van der Waals surface area contributed by atoms with Crippen molar-refractivity contribution >= 4 is 24.5 Å². The van der Waals surface area contributed by atoms with Gasteiger partial charge in [0.1, 0.15) is 6.29 Å². The molecule has 0 bridgehead atoms. The van der Waals surface area contributed by atoms with Crippen molar-refractivity contribution in [1.82, 2.24) is 19.9 Å². The number of nitrogens with one attached hydrogen (secondary N) is 3. The van der Waals surface area contributed by atoms with Crippen LogP contribution in [-0.2, 0) is 41.4 Å². The normalized spacial score (nSPS) is 21.0. The van der Waals surface area contributed by atoms with Gasteiger partial charge in [-0.3, -0.25) is 4.79 Å². The summed E-state index contributed by atoms with van der Waals surface area (Å²) in [7, 11) is 0. The molecule has 11 nitrogen and oxygen atoms in total. The van der Waals surface area contributed by atoms with E-state index in [2.05, 4.69) is 68.5 Å². The smallest absolute Gasteiger partial charge is 0.306 e. The summed E-state index contributed by atoms with van der Waals surface area (Å²) in [4.78, 5) is 34.4. The van der Waals surface area contributed by atoms with E-state index < -0.39 is 5.97 Å². The fourth-order valence-electron chi connectivity index (χ4n) is 7.94. The molecule has 67 heavy (non-hydrogen) atoms. The molecule has 12 heteroatoms. The number of aliphatic hydroxyl groups is 1. The van der Waals surface area contributed by atoms with Crippen LogP contribution in [0.1, 0.15) is 177 Å². The van der Waals surface area contributed by atoms with Gasteiger partial charge in [-0.2, -0.15) is 0 Å². The summed E-state index contributed by atoms with van der Waals surface area (Å²) in [5.41, 5.74) is 2.48. The molecule has 4 N–H and O–H groups in total. The number of carbonyl (C=O) groups excluding carboxylic acids is 2. The molecule has 0 amide bonds. The van der Waals surface area contributed by atoms with E-state index in [9.17, 15) is 9.59 Å².